The number of nitrogens with zero attached hydrogens (tertiary/aromatic N) is 3. The van der Waals surface area contributed by atoms with Crippen LogP contribution in [0.3, 0.4) is 0 Å². The third kappa shape index (κ3) is 4.18. The number of nitro benzene ring substituents is 1. The minimum absolute atomic E-state index is 0.00573. The van der Waals surface area contributed by atoms with Crippen LogP contribution in [0.1, 0.15) is 30.7 Å². The van der Waals surface area contributed by atoms with Crippen molar-refractivity contribution in [2.75, 3.05) is 5.32 Å². The summed E-state index contributed by atoms with van der Waals surface area (Å²) in [5.41, 5.74) is -3.25. The van der Waals surface area contributed by atoms with Crippen molar-refractivity contribution in [3.8, 4) is 5.69 Å². The molecule has 2 heterocycles. The second-order valence-corrected chi connectivity index (χ2v) is 6.80. The standard InChI is InChI=1S/C21H18F4N4O3/c1-3-12-10-26-11-13(4-2)18(12)27-15-8-9-17(21(23,24)25)28(20(15)30)19-14(22)6-5-7-16(19)29(31)32/h5-11H,3-4H2,1-2H3,(H,26,27). The third-order valence-electron chi connectivity index (χ3n) is 4.88. The molecular formula is C21H18F4N4O3. The summed E-state index contributed by atoms with van der Waals surface area (Å²) >= 11 is 0. The van der Waals surface area contributed by atoms with Gasteiger partial charge in [0, 0.05) is 24.1 Å². The summed E-state index contributed by atoms with van der Waals surface area (Å²) in [5.74, 6) is -1.34. The van der Waals surface area contributed by atoms with Crippen molar-refractivity contribution in [2.45, 2.75) is 32.9 Å². The first-order chi connectivity index (χ1) is 15.1. The van der Waals surface area contributed by atoms with Gasteiger partial charge >= 0.3 is 6.18 Å². The van der Waals surface area contributed by atoms with E-state index in [-0.39, 0.29) is 10.3 Å². The first-order valence-corrected chi connectivity index (χ1v) is 9.59. The van der Waals surface area contributed by atoms with Gasteiger partial charge in [-0.05, 0) is 42.2 Å². The lowest BCUT2D eigenvalue weighted by molar-refractivity contribution is -0.384. The first kappa shape index (κ1) is 22.9. The number of anilines is 2. The SMILES string of the molecule is CCc1cncc(CC)c1Nc1ccc(C(F)(F)F)n(-c2c(F)cccc2[N+](=O)[O-])c1=O. The second-order valence-electron chi connectivity index (χ2n) is 6.80. The van der Waals surface area contributed by atoms with Gasteiger partial charge in [-0.3, -0.25) is 24.5 Å². The van der Waals surface area contributed by atoms with E-state index in [9.17, 15) is 32.5 Å². The third-order valence-corrected chi connectivity index (χ3v) is 4.88. The Morgan fingerprint density at radius 1 is 1.09 bits per heavy atom. The van der Waals surface area contributed by atoms with Gasteiger partial charge in [-0.1, -0.05) is 19.9 Å². The average Bonchev–Trinajstić information content (AvgIpc) is 2.74. The maximum atomic E-state index is 14.6. The van der Waals surface area contributed by atoms with E-state index in [0.29, 0.717) is 35.7 Å². The van der Waals surface area contributed by atoms with Crippen molar-refractivity contribution in [1.29, 1.82) is 0 Å². The lowest BCUT2D eigenvalue weighted by atomic mass is 10.1. The molecule has 0 spiro atoms. The molecule has 0 bridgehead atoms. The second kappa shape index (κ2) is 8.77. The van der Waals surface area contributed by atoms with Gasteiger partial charge in [0.05, 0.1) is 4.92 Å². The molecule has 1 aromatic carbocycles. The summed E-state index contributed by atoms with van der Waals surface area (Å²) in [6.45, 7) is 3.69. The minimum Gasteiger partial charge on any atom is -0.350 e. The number of rotatable bonds is 6. The van der Waals surface area contributed by atoms with Crippen LogP contribution < -0.4 is 10.9 Å². The van der Waals surface area contributed by atoms with Crippen molar-refractivity contribution < 1.29 is 22.5 Å². The molecule has 0 aliphatic heterocycles. The molecule has 3 rings (SSSR count). The fraction of sp³-hybridized carbons (Fsp3) is 0.238. The molecule has 32 heavy (non-hydrogen) atoms. The topological polar surface area (TPSA) is 90.1 Å². The van der Waals surface area contributed by atoms with Gasteiger partial charge in [-0.25, -0.2) is 4.39 Å². The Labute approximate surface area is 179 Å². The maximum Gasteiger partial charge on any atom is 0.431 e. The summed E-state index contributed by atoms with van der Waals surface area (Å²) in [5, 5.41) is 14.2. The highest BCUT2D eigenvalue weighted by molar-refractivity contribution is 5.67. The van der Waals surface area contributed by atoms with E-state index in [4.69, 9.17) is 0 Å². The lowest BCUT2D eigenvalue weighted by Gasteiger charge is -2.19. The molecule has 0 fully saturated rings. The predicted molar refractivity (Wildman–Crippen MR) is 110 cm³/mol. The Kier molecular flexibility index (Phi) is 6.28. The molecular weight excluding hydrogens is 432 g/mol. The number of alkyl halides is 3. The summed E-state index contributed by atoms with van der Waals surface area (Å²) in [6, 6.07) is 4.07. The molecule has 0 amide bonds. The van der Waals surface area contributed by atoms with Gasteiger partial charge in [-0.2, -0.15) is 13.2 Å². The number of nitrogens with one attached hydrogen (secondary N) is 1. The number of nitro groups is 1. The Balaban J connectivity index is 2.33. The molecule has 2 aromatic heterocycles. The Hall–Kier alpha value is -3.76. The van der Waals surface area contributed by atoms with Gasteiger partial charge in [0.15, 0.2) is 11.5 Å². The largest absolute Gasteiger partial charge is 0.431 e. The van der Waals surface area contributed by atoms with Crippen LogP contribution in [0.25, 0.3) is 5.69 Å². The Bertz CT molecular complexity index is 1220. The monoisotopic (exact) mass is 450 g/mol. The van der Waals surface area contributed by atoms with E-state index in [1.807, 2.05) is 13.8 Å². The van der Waals surface area contributed by atoms with E-state index in [0.717, 1.165) is 24.3 Å². The zero-order chi connectivity index (χ0) is 23.6. The summed E-state index contributed by atoms with van der Waals surface area (Å²) in [7, 11) is 0. The maximum absolute atomic E-state index is 14.6. The number of hydrogen-bond donors (Lipinski definition) is 1. The van der Waals surface area contributed by atoms with Crippen LogP contribution in [0.15, 0.2) is 47.5 Å². The van der Waals surface area contributed by atoms with Crippen molar-refractivity contribution in [3.05, 3.63) is 85.8 Å². The highest BCUT2D eigenvalue weighted by Crippen LogP contribution is 2.34. The van der Waals surface area contributed by atoms with Gasteiger partial charge < -0.3 is 5.32 Å². The van der Waals surface area contributed by atoms with Crippen molar-refractivity contribution >= 4 is 17.1 Å². The highest BCUT2D eigenvalue weighted by atomic mass is 19.4. The number of benzene rings is 1. The number of pyridine rings is 2. The molecule has 0 atom stereocenters. The van der Waals surface area contributed by atoms with Crippen molar-refractivity contribution in [2.24, 2.45) is 0 Å². The number of para-hydroxylation sites is 1. The number of aromatic nitrogens is 2. The van der Waals surface area contributed by atoms with Gasteiger partial charge in [0.1, 0.15) is 11.4 Å². The molecule has 11 heteroatoms. The lowest BCUT2D eigenvalue weighted by Crippen LogP contribution is -2.29. The Morgan fingerprint density at radius 2 is 1.72 bits per heavy atom. The number of halogens is 4. The molecule has 0 saturated carbocycles. The smallest absolute Gasteiger partial charge is 0.350 e. The van der Waals surface area contributed by atoms with Crippen molar-refractivity contribution in [1.82, 2.24) is 9.55 Å². The molecule has 168 valence electrons. The summed E-state index contributed by atoms with van der Waals surface area (Å²) < 4.78 is 55.7. The fourth-order valence-corrected chi connectivity index (χ4v) is 3.33. The molecule has 0 aliphatic rings. The molecule has 0 aliphatic carbocycles. The van der Waals surface area contributed by atoms with Crippen LogP contribution >= 0.6 is 0 Å². The normalized spacial score (nSPS) is 11.4. The van der Waals surface area contributed by atoms with Crippen molar-refractivity contribution in [3.63, 3.8) is 0 Å². The molecule has 0 saturated heterocycles. The van der Waals surface area contributed by atoms with Gasteiger partial charge in [-0.15, -0.1) is 0 Å². The van der Waals surface area contributed by atoms with Crippen LogP contribution in [-0.2, 0) is 19.0 Å². The van der Waals surface area contributed by atoms with Gasteiger partial charge in [0.2, 0.25) is 0 Å². The van der Waals surface area contributed by atoms with Gasteiger partial charge in [0.25, 0.3) is 11.2 Å². The van der Waals surface area contributed by atoms with Crippen LogP contribution in [0.2, 0.25) is 0 Å². The van der Waals surface area contributed by atoms with Crippen LogP contribution in [0.5, 0.6) is 0 Å². The first-order valence-electron chi connectivity index (χ1n) is 9.59. The Morgan fingerprint density at radius 3 is 2.25 bits per heavy atom. The molecule has 1 N–H and O–H groups in total. The minimum atomic E-state index is -5.08. The molecule has 0 radical (unpaired) electrons. The highest BCUT2D eigenvalue weighted by Gasteiger charge is 2.37. The van der Waals surface area contributed by atoms with E-state index in [1.165, 1.54) is 0 Å². The van der Waals surface area contributed by atoms with Crippen LogP contribution in [-0.4, -0.2) is 14.5 Å². The zero-order valence-electron chi connectivity index (χ0n) is 17.0. The van der Waals surface area contributed by atoms with E-state index >= 15 is 0 Å². The van der Waals surface area contributed by atoms with E-state index in [1.54, 1.807) is 12.4 Å². The molecule has 3 aromatic rings. The summed E-state index contributed by atoms with van der Waals surface area (Å²) in [6.07, 6.45) is -0.904. The van der Waals surface area contributed by atoms with Crippen LogP contribution in [0.4, 0.5) is 34.6 Å². The molecule has 0 unspecified atom stereocenters. The van der Waals surface area contributed by atoms with Crippen LogP contribution in [0, 0.1) is 15.9 Å². The number of hydrogen-bond acceptors (Lipinski definition) is 5. The molecule has 7 nitrogen and oxygen atoms in total. The van der Waals surface area contributed by atoms with E-state index < -0.39 is 39.5 Å². The summed E-state index contributed by atoms with van der Waals surface area (Å²) in [4.78, 5) is 27.6. The quantitative estimate of drug-likeness (QED) is 0.318. The predicted octanol–water partition coefficient (Wildman–Crippen LogP) is 5.17. The average molecular weight is 450 g/mol. The zero-order valence-corrected chi connectivity index (χ0v) is 17.0. The number of aryl methyl sites for hydroxylation is 2. The van der Waals surface area contributed by atoms with E-state index in [2.05, 4.69) is 10.3 Å². The fourth-order valence-electron chi connectivity index (χ4n) is 3.33.